The molecule has 1 aliphatic heterocycles. The summed E-state index contributed by atoms with van der Waals surface area (Å²) >= 11 is 1.46. The average molecular weight is 366 g/mol. The highest BCUT2D eigenvalue weighted by Gasteiger charge is 2.39. The van der Waals surface area contributed by atoms with Gasteiger partial charge in [-0.25, -0.2) is 0 Å². The van der Waals surface area contributed by atoms with Crippen LogP contribution in [0.1, 0.15) is 36.1 Å². The molecule has 1 aromatic carbocycles. The molecule has 26 heavy (non-hydrogen) atoms. The third kappa shape index (κ3) is 3.58. The number of carbonyl (C=O) groups excluding carboxylic acids is 2. The van der Waals surface area contributed by atoms with Gasteiger partial charge in [-0.15, -0.1) is 11.8 Å². The van der Waals surface area contributed by atoms with Crippen LogP contribution in [0.3, 0.4) is 0 Å². The van der Waals surface area contributed by atoms with Gasteiger partial charge in [0.2, 0.25) is 0 Å². The van der Waals surface area contributed by atoms with Gasteiger partial charge in [-0.3, -0.25) is 19.5 Å². The summed E-state index contributed by atoms with van der Waals surface area (Å²) in [6.07, 6.45) is 3.34. The average Bonchev–Trinajstić information content (AvgIpc) is 2.80. The number of benzene rings is 1. The van der Waals surface area contributed by atoms with Crippen molar-refractivity contribution >= 4 is 29.1 Å². The normalized spacial score (nSPS) is 14.7. The molecule has 0 spiro atoms. The maximum Gasteiger partial charge on any atom is 0.268 e. The van der Waals surface area contributed by atoms with Crippen molar-refractivity contribution in [3.05, 3.63) is 69.9 Å². The molecule has 5 heteroatoms. The van der Waals surface area contributed by atoms with E-state index in [-0.39, 0.29) is 23.6 Å². The number of imide groups is 1. The first kappa shape index (κ1) is 18.4. The number of nitrogens with zero attached hydrogens (tertiary/aromatic N) is 2. The predicted octanol–water partition coefficient (Wildman–Crippen LogP) is 4.12. The number of carbonyl (C=O) groups is 2. The summed E-state index contributed by atoms with van der Waals surface area (Å²) in [6, 6.07) is 9.62. The molecule has 0 atom stereocenters. The van der Waals surface area contributed by atoms with Crippen LogP contribution in [0.5, 0.6) is 0 Å². The maximum atomic E-state index is 13.2. The summed E-state index contributed by atoms with van der Waals surface area (Å²) in [5.41, 5.74) is 4.40. The van der Waals surface area contributed by atoms with Crippen LogP contribution in [0.15, 0.2) is 47.6 Å². The third-order valence-corrected chi connectivity index (χ3v) is 5.31. The largest absolute Gasteiger partial charge is 0.269 e. The third-order valence-electron chi connectivity index (χ3n) is 4.22. The fourth-order valence-electron chi connectivity index (χ4n) is 3.04. The first-order valence-corrected chi connectivity index (χ1v) is 9.50. The molecule has 3 rings (SSSR count). The minimum Gasteiger partial charge on any atom is -0.269 e. The molecule has 0 aliphatic carbocycles. The number of aryl methyl sites for hydroxylation is 2. The number of thioether (sulfide) groups is 1. The van der Waals surface area contributed by atoms with Gasteiger partial charge in [0.1, 0.15) is 0 Å². The van der Waals surface area contributed by atoms with E-state index in [1.54, 1.807) is 12.4 Å². The number of hydrogen-bond acceptors (Lipinski definition) is 4. The lowest BCUT2D eigenvalue weighted by molar-refractivity contribution is -0.137. The number of rotatable bonds is 5. The fraction of sp³-hybridized carbons (Fsp3) is 0.286. The summed E-state index contributed by atoms with van der Waals surface area (Å²) in [5.74, 6) is -0.428. The Kier molecular flexibility index (Phi) is 5.28. The Morgan fingerprint density at radius 3 is 2.35 bits per heavy atom. The van der Waals surface area contributed by atoms with E-state index in [1.807, 2.05) is 58.0 Å². The van der Waals surface area contributed by atoms with Gasteiger partial charge < -0.3 is 0 Å². The lowest BCUT2D eigenvalue weighted by Gasteiger charge is -2.15. The molecule has 2 heterocycles. The van der Waals surface area contributed by atoms with Crippen molar-refractivity contribution in [2.45, 2.75) is 39.5 Å². The Hall–Kier alpha value is -2.40. The van der Waals surface area contributed by atoms with E-state index in [0.29, 0.717) is 10.5 Å². The Labute approximate surface area is 158 Å². The molecule has 0 saturated heterocycles. The van der Waals surface area contributed by atoms with E-state index < -0.39 is 0 Å². The zero-order chi connectivity index (χ0) is 18.8. The topological polar surface area (TPSA) is 50.3 Å². The first-order chi connectivity index (χ1) is 12.4. The second-order valence-corrected chi connectivity index (χ2v) is 8.33. The molecule has 0 N–H and O–H groups in total. The first-order valence-electron chi connectivity index (χ1n) is 8.62. The van der Waals surface area contributed by atoms with Crippen LogP contribution in [0.2, 0.25) is 0 Å². The molecular weight excluding hydrogens is 344 g/mol. The molecule has 2 amide bonds. The highest BCUT2D eigenvalue weighted by Crippen LogP contribution is 2.39. The van der Waals surface area contributed by atoms with Gasteiger partial charge >= 0.3 is 0 Å². The van der Waals surface area contributed by atoms with Crippen molar-refractivity contribution in [1.29, 1.82) is 0 Å². The van der Waals surface area contributed by atoms with Crippen LogP contribution >= 0.6 is 11.8 Å². The van der Waals surface area contributed by atoms with Crippen molar-refractivity contribution in [2.24, 2.45) is 0 Å². The molecule has 134 valence electrons. The van der Waals surface area contributed by atoms with Crippen molar-refractivity contribution in [3.8, 4) is 0 Å². The van der Waals surface area contributed by atoms with E-state index in [0.717, 1.165) is 22.3 Å². The van der Waals surface area contributed by atoms with Gasteiger partial charge in [0.05, 0.1) is 17.0 Å². The second-order valence-electron chi connectivity index (χ2n) is 6.74. The summed E-state index contributed by atoms with van der Waals surface area (Å²) < 4.78 is 0. The monoisotopic (exact) mass is 366 g/mol. The van der Waals surface area contributed by atoms with Gasteiger partial charge in [0.15, 0.2) is 0 Å². The lowest BCUT2D eigenvalue weighted by atomic mass is 9.99. The standard InChI is InChI=1S/C21H22N2O2S/c1-13(2)26-19-18(17-6-5-14(3)11-15(17)4)20(24)23(21(19)25)12-16-7-9-22-10-8-16/h5-11,13H,12H2,1-4H3. The maximum absolute atomic E-state index is 13.2. The van der Waals surface area contributed by atoms with Gasteiger partial charge in [-0.2, -0.15) is 0 Å². The smallest absolute Gasteiger partial charge is 0.268 e. The molecule has 0 fully saturated rings. The van der Waals surface area contributed by atoms with Crippen molar-refractivity contribution < 1.29 is 9.59 Å². The minimum atomic E-state index is -0.220. The van der Waals surface area contributed by atoms with Gasteiger partial charge in [0.25, 0.3) is 11.8 Å². The Bertz CT molecular complexity index is 888. The number of aromatic nitrogens is 1. The minimum absolute atomic E-state index is 0.208. The summed E-state index contributed by atoms with van der Waals surface area (Å²) in [7, 11) is 0. The van der Waals surface area contributed by atoms with Crippen LogP contribution in [-0.4, -0.2) is 26.9 Å². The van der Waals surface area contributed by atoms with Crippen LogP contribution < -0.4 is 0 Å². The van der Waals surface area contributed by atoms with E-state index in [2.05, 4.69) is 4.98 Å². The number of hydrogen-bond donors (Lipinski definition) is 0. The van der Waals surface area contributed by atoms with Crippen molar-refractivity contribution in [1.82, 2.24) is 9.88 Å². The van der Waals surface area contributed by atoms with Crippen LogP contribution in [0.25, 0.3) is 5.57 Å². The van der Waals surface area contributed by atoms with Crippen molar-refractivity contribution in [2.75, 3.05) is 0 Å². The molecule has 0 unspecified atom stereocenters. The molecule has 2 aromatic rings. The highest BCUT2D eigenvalue weighted by atomic mass is 32.2. The van der Waals surface area contributed by atoms with E-state index in [9.17, 15) is 9.59 Å². The highest BCUT2D eigenvalue weighted by molar-refractivity contribution is 8.04. The summed E-state index contributed by atoms with van der Waals surface area (Å²) in [6.45, 7) is 8.32. The molecule has 1 aromatic heterocycles. The quantitative estimate of drug-likeness (QED) is 0.747. The van der Waals surface area contributed by atoms with Crippen LogP contribution in [0.4, 0.5) is 0 Å². The van der Waals surface area contributed by atoms with Gasteiger partial charge in [-0.1, -0.05) is 37.6 Å². The lowest BCUT2D eigenvalue weighted by Crippen LogP contribution is -2.31. The number of pyridine rings is 1. The van der Waals surface area contributed by atoms with Crippen LogP contribution in [-0.2, 0) is 16.1 Å². The second kappa shape index (κ2) is 7.46. The van der Waals surface area contributed by atoms with E-state index in [4.69, 9.17) is 0 Å². The Balaban J connectivity index is 2.04. The van der Waals surface area contributed by atoms with Crippen molar-refractivity contribution in [3.63, 3.8) is 0 Å². The molecule has 0 radical (unpaired) electrons. The van der Waals surface area contributed by atoms with Crippen LogP contribution in [0, 0.1) is 13.8 Å². The molecular formula is C21H22N2O2S. The summed E-state index contributed by atoms with van der Waals surface area (Å²) in [4.78, 5) is 32.1. The Morgan fingerprint density at radius 2 is 1.73 bits per heavy atom. The molecule has 1 aliphatic rings. The fourth-order valence-corrected chi connectivity index (χ4v) is 4.04. The molecule has 0 saturated carbocycles. The number of amides is 2. The predicted molar refractivity (Wildman–Crippen MR) is 105 cm³/mol. The molecule has 0 bridgehead atoms. The zero-order valence-electron chi connectivity index (χ0n) is 15.4. The van der Waals surface area contributed by atoms with E-state index >= 15 is 0 Å². The van der Waals surface area contributed by atoms with E-state index in [1.165, 1.54) is 16.7 Å². The van der Waals surface area contributed by atoms with Gasteiger partial charge in [-0.05, 0) is 42.7 Å². The van der Waals surface area contributed by atoms with Gasteiger partial charge in [0, 0.05) is 17.6 Å². The molecule has 4 nitrogen and oxygen atoms in total. The SMILES string of the molecule is Cc1ccc(C2=C(SC(C)C)C(=O)N(Cc3ccncc3)C2=O)c(C)c1. The summed E-state index contributed by atoms with van der Waals surface area (Å²) in [5, 5.41) is 0.211. The zero-order valence-corrected chi connectivity index (χ0v) is 16.3. The Morgan fingerprint density at radius 1 is 1.04 bits per heavy atom.